The molecule has 0 atom stereocenters. The number of hydrogen-bond donors (Lipinski definition) is 1. The molecule has 0 aliphatic carbocycles. The van der Waals surface area contributed by atoms with Gasteiger partial charge in [0.1, 0.15) is 10.7 Å². The highest BCUT2D eigenvalue weighted by molar-refractivity contribution is 7.20. The van der Waals surface area contributed by atoms with Crippen LogP contribution in [0.1, 0.15) is 21.7 Å². The number of aryl methyl sites for hydroxylation is 2. The monoisotopic (exact) mass is 333 g/mol. The van der Waals surface area contributed by atoms with E-state index < -0.39 is 0 Å². The second kappa shape index (κ2) is 5.58. The van der Waals surface area contributed by atoms with Gasteiger partial charge in [0, 0.05) is 27.1 Å². The minimum absolute atomic E-state index is 0.186. The molecule has 0 radical (unpaired) electrons. The average Bonchev–Trinajstić information content (AvgIpc) is 2.84. The van der Waals surface area contributed by atoms with E-state index >= 15 is 0 Å². The molecule has 0 spiro atoms. The second-order valence-electron chi connectivity index (χ2n) is 5.36. The summed E-state index contributed by atoms with van der Waals surface area (Å²) in [5.41, 5.74) is 0.408. The molecule has 0 unspecified atom stereocenters. The summed E-state index contributed by atoms with van der Waals surface area (Å²) in [6, 6.07) is -0.379. The fourth-order valence-electron chi connectivity index (χ4n) is 2.33. The Bertz CT molecular complexity index is 911. The zero-order chi connectivity index (χ0) is 16.7. The summed E-state index contributed by atoms with van der Waals surface area (Å²) >= 11 is 1.16. The molecule has 3 rings (SSSR count). The molecule has 23 heavy (non-hydrogen) atoms. The molecule has 120 valence electrons. The lowest BCUT2D eigenvalue weighted by molar-refractivity contribution is 0.0979. The number of carbonyl (C=O) groups excluding carboxylic acids is 2. The lowest BCUT2D eigenvalue weighted by Crippen LogP contribution is -2.39. The Kier molecular flexibility index (Phi) is 3.72. The van der Waals surface area contributed by atoms with Crippen LogP contribution < -0.4 is 10.9 Å². The Morgan fingerprint density at radius 3 is 2.78 bits per heavy atom. The maximum absolute atomic E-state index is 12.4. The Morgan fingerprint density at radius 1 is 1.35 bits per heavy atom. The Balaban J connectivity index is 1.95. The number of amides is 3. The summed E-state index contributed by atoms with van der Waals surface area (Å²) < 4.78 is 1.38. The van der Waals surface area contributed by atoms with Gasteiger partial charge in [-0.3, -0.25) is 9.59 Å². The van der Waals surface area contributed by atoms with Gasteiger partial charge in [0.2, 0.25) is 0 Å². The van der Waals surface area contributed by atoms with Crippen molar-refractivity contribution in [1.29, 1.82) is 0 Å². The van der Waals surface area contributed by atoms with E-state index in [1.54, 1.807) is 21.0 Å². The summed E-state index contributed by atoms with van der Waals surface area (Å²) in [6.45, 7) is 2.23. The van der Waals surface area contributed by atoms with E-state index in [0.29, 0.717) is 39.5 Å². The number of nitrogens with one attached hydrogen (secondary N) is 1. The van der Waals surface area contributed by atoms with E-state index in [2.05, 4.69) is 15.3 Å². The standard InChI is InChI=1S/C14H15N5O3S/c1-7-9-12(15-6-19(3)13(9)21)23-10(7)11(20)16-8-4-5-18(2)14(22)17-8/h6H,4-5H2,1-3H3,(H,16,17,20,22). The van der Waals surface area contributed by atoms with Crippen LogP contribution in [0.25, 0.3) is 10.2 Å². The first kappa shape index (κ1) is 15.3. The fraction of sp³-hybridized carbons (Fsp3) is 0.357. The van der Waals surface area contributed by atoms with E-state index in [-0.39, 0.29) is 17.5 Å². The molecule has 0 aromatic carbocycles. The number of nitrogens with zero attached hydrogens (tertiary/aromatic N) is 4. The van der Waals surface area contributed by atoms with Gasteiger partial charge in [-0.05, 0) is 12.5 Å². The highest BCUT2D eigenvalue weighted by atomic mass is 32.1. The van der Waals surface area contributed by atoms with Crippen molar-refractivity contribution in [3.8, 4) is 0 Å². The average molecular weight is 333 g/mol. The smallest absolute Gasteiger partial charge is 0.325 e. The quantitative estimate of drug-likeness (QED) is 0.838. The first-order valence-corrected chi connectivity index (χ1v) is 7.79. The van der Waals surface area contributed by atoms with Crippen molar-refractivity contribution in [2.75, 3.05) is 13.6 Å². The van der Waals surface area contributed by atoms with Gasteiger partial charge in [-0.25, -0.2) is 9.78 Å². The number of aromatic nitrogens is 2. The van der Waals surface area contributed by atoms with Crippen molar-refractivity contribution in [3.63, 3.8) is 0 Å². The van der Waals surface area contributed by atoms with Crippen molar-refractivity contribution in [3.05, 3.63) is 27.1 Å². The van der Waals surface area contributed by atoms with E-state index in [1.165, 1.54) is 15.8 Å². The molecular weight excluding hydrogens is 318 g/mol. The van der Waals surface area contributed by atoms with Gasteiger partial charge in [0.05, 0.1) is 16.6 Å². The third-order valence-corrected chi connectivity index (χ3v) is 4.91. The minimum atomic E-state index is -0.379. The lowest BCUT2D eigenvalue weighted by atomic mass is 10.2. The van der Waals surface area contributed by atoms with E-state index in [4.69, 9.17) is 0 Å². The van der Waals surface area contributed by atoms with Crippen LogP contribution in [-0.4, -0.2) is 45.8 Å². The number of hydrogen-bond acceptors (Lipinski definition) is 5. The Labute approximate surface area is 135 Å². The SMILES string of the molecule is Cc1c(C(=O)NC2=NC(=O)N(C)CC2)sc2ncn(C)c(=O)c12. The zero-order valence-corrected chi connectivity index (χ0v) is 13.7. The number of aliphatic imine (C=N–C) groups is 1. The van der Waals surface area contributed by atoms with Crippen LogP contribution in [0.4, 0.5) is 4.79 Å². The van der Waals surface area contributed by atoms with E-state index in [0.717, 1.165) is 11.3 Å². The van der Waals surface area contributed by atoms with Crippen LogP contribution in [-0.2, 0) is 7.05 Å². The van der Waals surface area contributed by atoms with Crippen LogP contribution in [0.3, 0.4) is 0 Å². The van der Waals surface area contributed by atoms with Crippen molar-refractivity contribution >= 4 is 39.3 Å². The number of rotatable bonds is 1. The van der Waals surface area contributed by atoms with Gasteiger partial charge >= 0.3 is 6.03 Å². The summed E-state index contributed by atoms with van der Waals surface area (Å²) in [5.74, 6) is -0.0283. The van der Waals surface area contributed by atoms with Gasteiger partial charge in [0.15, 0.2) is 0 Å². The predicted octanol–water partition coefficient (Wildman–Crippen LogP) is 0.887. The first-order chi connectivity index (χ1) is 10.9. The van der Waals surface area contributed by atoms with Crippen LogP contribution in [0.15, 0.2) is 16.1 Å². The van der Waals surface area contributed by atoms with Crippen LogP contribution in [0, 0.1) is 6.92 Å². The molecule has 9 heteroatoms. The number of thiophene rings is 1. The molecule has 2 aromatic heterocycles. The van der Waals surface area contributed by atoms with Crippen molar-refractivity contribution < 1.29 is 9.59 Å². The summed E-state index contributed by atoms with van der Waals surface area (Å²) in [5, 5.41) is 3.11. The molecule has 1 aliphatic heterocycles. The Morgan fingerprint density at radius 2 is 2.09 bits per heavy atom. The summed E-state index contributed by atoms with van der Waals surface area (Å²) in [6.07, 6.45) is 1.92. The van der Waals surface area contributed by atoms with Gasteiger partial charge in [-0.15, -0.1) is 11.3 Å². The second-order valence-corrected chi connectivity index (χ2v) is 6.36. The largest absolute Gasteiger partial charge is 0.344 e. The molecule has 3 amide bonds. The molecule has 0 bridgehead atoms. The highest BCUT2D eigenvalue weighted by Gasteiger charge is 2.22. The van der Waals surface area contributed by atoms with Crippen molar-refractivity contribution in [2.24, 2.45) is 12.0 Å². The summed E-state index contributed by atoms with van der Waals surface area (Å²) in [4.78, 5) is 46.6. The molecular formula is C14H15N5O3S. The number of amidine groups is 1. The summed E-state index contributed by atoms with van der Waals surface area (Å²) in [7, 11) is 3.27. The van der Waals surface area contributed by atoms with Gasteiger partial charge in [-0.2, -0.15) is 4.99 Å². The van der Waals surface area contributed by atoms with Gasteiger partial charge in [0.25, 0.3) is 11.5 Å². The van der Waals surface area contributed by atoms with E-state index in [9.17, 15) is 14.4 Å². The van der Waals surface area contributed by atoms with Crippen molar-refractivity contribution in [2.45, 2.75) is 13.3 Å². The van der Waals surface area contributed by atoms with Crippen molar-refractivity contribution in [1.82, 2.24) is 19.8 Å². The molecule has 8 nitrogen and oxygen atoms in total. The number of urea groups is 1. The van der Waals surface area contributed by atoms with Crippen LogP contribution in [0.5, 0.6) is 0 Å². The third kappa shape index (κ3) is 2.63. The maximum Gasteiger partial charge on any atom is 0.344 e. The number of carbonyl (C=O) groups is 2. The predicted molar refractivity (Wildman–Crippen MR) is 87.1 cm³/mol. The normalized spacial score (nSPS) is 15.0. The van der Waals surface area contributed by atoms with E-state index in [1.807, 2.05) is 0 Å². The molecule has 1 N–H and O–H groups in total. The van der Waals surface area contributed by atoms with Crippen LogP contribution >= 0.6 is 11.3 Å². The molecule has 0 saturated heterocycles. The third-order valence-electron chi connectivity index (χ3n) is 3.72. The van der Waals surface area contributed by atoms with Gasteiger partial charge < -0.3 is 14.8 Å². The van der Waals surface area contributed by atoms with Gasteiger partial charge in [-0.1, -0.05) is 0 Å². The molecule has 3 heterocycles. The molecule has 2 aromatic rings. The molecule has 1 aliphatic rings. The number of fused-ring (bicyclic) bond motifs is 1. The molecule has 0 fully saturated rings. The maximum atomic E-state index is 12.4. The minimum Gasteiger partial charge on any atom is -0.325 e. The first-order valence-electron chi connectivity index (χ1n) is 6.97. The van der Waals surface area contributed by atoms with Crippen LogP contribution in [0.2, 0.25) is 0 Å². The molecule has 0 saturated carbocycles. The Hall–Kier alpha value is -2.55. The lowest BCUT2D eigenvalue weighted by Gasteiger charge is -2.20. The topological polar surface area (TPSA) is 96.7 Å². The highest BCUT2D eigenvalue weighted by Crippen LogP contribution is 2.26. The fourth-order valence-corrected chi connectivity index (χ4v) is 3.36. The zero-order valence-electron chi connectivity index (χ0n) is 12.9.